The van der Waals surface area contributed by atoms with Gasteiger partial charge in [-0.25, -0.2) is 0 Å². The molecule has 0 fully saturated rings. The second-order valence-electron chi connectivity index (χ2n) is 5.48. The number of ether oxygens (including phenoxy) is 1. The number of rotatable bonds is 5. The van der Waals surface area contributed by atoms with E-state index in [1.165, 1.54) is 24.2 Å². The van der Waals surface area contributed by atoms with Crippen molar-refractivity contribution in [1.29, 1.82) is 0 Å². The van der Waals surface area contributed by atoms with Crippen LogP contribution in [0.5, 0.6) is 5.75 Å². The number of carbonyl (C=O) groups is 2. The van der Waals surface area contributed by atoms with E-state index < -0.39 is 11.8 Å². The molecule has 0 radical (unpaired) electrons. The third-order valence-corrected chi connectivity index (χ3v) is 3.45. The van der Waals surface area contributed by atoms with Gasteiger partial charge in [0.15, 0.2) is 11.7 Å². The van der Waals surface area contributed by atoms with Crippen molar-refractivity contribution < 1.29 is 18.7 Å². The van der Waals surface area contributed by atoms with Crippen LogP contribution in [-0.2, 0) is 4.79 Å². The summed E-state index contributed by atoms with van der Waals surface area (Å²) in [5.74, 6) is 0.144. The maximum atomic E-state index is 11.7. The molecule has 0 saturated heterocycles. The number of thiocarbonyl (C=S) groups is 1. The molecule has 1 heterocycles. The average molecular weight is 361 g/mol. The minimum absolute atomic E-state index is 0.0409. The predicted octanol–water partition coefficient (Wildman–Crippen LogP) is 2.12. The van der Waals surface area contributed by atoms with Crippen molar-refractivity contribution in [3.8, 4) is 5.75 Å². The van der Waals surface area contributed by atoms with Crippen molar-refractivity contribution in [2.75, 3.05) is 6.61 Å². The van der Waals surface area contributed by atoms with Crippen LogP contribution >= 0.6 is 12.2 Å². The lowest BCUT2D eigenvalue weighted by Gasteiger charge is -2.11. The Balaban J connectivity index is 1.69. The zero-order valence-electron chi connectivity index (χ0n) is 13.9. The molecular formula is C17H19N3O4S. The Kier molecular flexibility index (Phi) is 6.53. The second-order valence-corrected chi connectivity index (χ2v) is 5.89. The van der Waals surface area contributed by atoms with Crippen molar-refractivity contribution in [3.63, 3.8) is 0 Å². The van der Waals surface area contributed by atoms with Crippen molar-refractivity contribution in [2.45, 2.75) is 19.8 Å². The van der Waals surface area contributed by atoms with Crippen LogP contribution in [0.25, 0.3) is 0 Å². The average Bonchev–Trinajstić information content (AvgIpc) is 3.13. The van der Waals surface area contributed by atoms with E-state index in [1.807, 2.05) is 24.3 Å². The molecular weight excluding hydrogens is 342 g/mol. The fraction of sp³-hybridized carbons (Fsp3) is 0.235. The van der Waals surface area contributed by atoms with Crippen LogP contribution in [0.15, 0.2) is 47.3 Å². The van der Waals surface area contributed by atoms with E-state index in [-0.39, 0.29) is 11.7 Å². The maximum Gasteiger partial charge on any atom is 0.276 e. The van der Waals surface area contributed by atoms with E-state index in [4.69, 9.17) is 21.4 Å². The van der Waals surface area contributed by atoms with E-state index in [2.05, 4.69) is 30.0 Å². The van der Waals surface area contributed by atoms with Crippen LogP contribution in [0.2, 0.25) is 0 Å². The molecule has 0 unspecified atom stereocenters. The summed E-state index contributed by atoms with van der Waals surface area (Å²) in [4.78, 5) is 23.4. The van der Waals surface area contributed by atoms with Crippen LogP contribution in [0, 0.1) is 0 Å². The fourth-order valence-corrected chi connectivity index (χ4v) is 2.00. The van der Waals surface area contributed by atoms with Crippen LogP contribution in [0.4, 0.5) is 0 Å². The number of carbonyl (C=O) groups excluding carboxylic acids is 2. The summed E-state index contributed by atoms with van der Waals surface area (Å²) < 4.78 is 10.2. The number of nitrogens with one attached hydrogen (secondary N) is 3. The standard InChI is InChI=1S/C17H19N3O4S/c1-11(2)12-3-5-14(6-4-12)24-10-15(21)19-20-17(25)18-16(22)13-7-8-23-9-13/h3-9,11H,10H2,1-2H3,(H,19,21)(H2,18,20,22,25). The second kappa shape index (κ2) is 8.84. The Hall–Kier alpha value is -2.87. The molecule has 0 aliphatic carbocycles. The Labute approximate surface area is 150 Å². The molecule has 2 amide bonds. The molecule has 0 aliphatic rings. The van der Waals surface area contributed by atoms with Gasteiger partial charge in [0, 0.05) is 0 Å². The molecule has 0 bridgehead atoms. The van der Waals surface area contributed by atoms with Crippen LogP contribution in [0.3, 0.4) is 0 Å². The minimum atomic E-state index is -0.443. The summed E-state index contributed by atoms with van der Waals surface area (Å²) >= 11 is 4.91. The largest absolute Gasteiger partial charge is 0.484 e. The molecule has 3 N–H and O–H groups in total. The molecule has 1 aromatic carbocycles. The van der Waals surface area contributed by atoms with E-state index in [9.17, 15) is 9.59 Å². The van der Waals surface area contributed by atoms with Gasteiger partial charge in [0.2, 0.25) is 0 Å². The summed E-state index contributed by atoms with van der Waals surface area (Å²) in [5.41, 5.74) is 6.28. The minimum Gasteiger partial charge on any atom is -0.484 e. The first-order valence-electron chi connectivity index (χ1n) is 7.61. The van der Waals surface area contributed by atoms with E-state index in [0.717, 1.165) is 0 Å². The van der Waals surface area contributed by atoms with Crippen molar-refractivity contribution in [1.82, 2.24) is 16.2 Å². The predicted molar refractivity (Wildman–Crippen MR) is 96.1 cm³/mol. The number of amides is 2. The zero-order chi connectivity index (χ0) is 18.2. The van der Waals surface area contributed by atoms with Gasteiger partial charge in [0.05, 0.1) is 11.8 Å². The lowest BCUT2D eigenvalue weighted by Crippen LogP contribution is -2.49. The first-order valence-corrected chi connectivity index (χ1v) is 8.01. The first kappa shape index (κ1) is 18.5. The monoisotopic (exact) mass is 361 g/mol. The highest BCUT2D eigenvalue weighted by molar-refractivity contribution is 7.80. The van der Waals surface area contributed by atoms with Crippen LogP contribution in [-0.4, -0.2) is 23.5 Å². The van der Waals surface area contributed by atoms with Gasteiger partial charge in [0.25, 0.3) is 11.8 Å². The molecule has 0 aliphatic heterocycles. The molecule has 0 spiro atoms. The summed E-state index contributed by atoms with van der Waals surface area (Å²) in [6.07, 6.45) is 2.66. The third-order valence-electron chi connectivity index (χ3n) is 3.24. The lowest BCUT2D eigenvalue weighted by molar-refractivity contribution is -0.123. The number of hydrogen-bond acceptors (Lipinski definition) is 5. The Morgan fingerprint density at radius 1 is 1.16 bits per heavy atom. The van der Waals surface area contributed by atoms with Gasteiger partial charge in [0.1, 0.15) is 12.0 Å². The third kappa shape index (κ3) is 5.92. The van der Waals surface area contributed by atoms with Gasteiger partial charge in [-0.2, -0.15) is 0 Å². The Morgan fingerprint density at radius 2 is 1.88 bits per heavy atom. The maximum absolute atomic E-state index is 11.7. The van der Waals surface area contributed by atoms with Gasteiger partial charge in [-0.3, -0.25) is 25.8 Å². The highest BCUT2D eigenvalue weighted by atomic mass is 32.1. The molecule has 0 atom stereocenters. The highest BCUT2D eigenvalue weighted by Crippen LogP contribution is 2.18. The summed E-state index contributed by atoms with van der Waals surface area (Å²) in [6, 6.07) is 9.03. The Bertz CT molecular complexity index is 727. The Morgan fingerprint density at radius 3 is 2.48 bits per heavy atom. The summed E-state index contributed by atoms with van der Waals surface area (Å²) in [5, 5.41) is 2.35. The number of benzene rings is 1. The van der Waals surface area contributed by atoms with Gasteiger partial charge in [-0.15, -0.1) is 0 Å². The summed E-state index contributed by atoms with van der Waals surface area (Å²) in [7, 11) is 0. The van der Waals surface area contributed by atoms with Crippen molar-refractivity contribution >= 4 is 29.1 Å². The number of furan rings is 1. The van der Waals surface area contributed by atoms with Gasteiger partial charge in [-0.1, -0.05) is 26.0 Å². The van der Waals surface area contributed by atoms with Crippen LogP contribution < -0.4 is 20.9 Å². The molecule has 25 heavy (non-hydrogen) atoms. The SMILES string of the molecule is CC(C)c1ccc(OCC(=O)NNC(=S)NC(=O)c2ccoc2)cc1. The number of hydrogen-bond donors (Lipinski definition) is 3. The zero-order valence-corrected chi connectivity index (χ0v) is 14.7. The highest BCUT2D eigenvalue weighted by Gasteiger charge is 2.09. The summed E-state index contributed by atoms with van der Waals surface area (Å²) in [6.45, 7) is 4.01. The molecule has 1 aromatic heterocycles. The van der Waals surface area contributed by atoms with Gasteiger partial charge in [-0.05, 0) is 41.9 Å². The lowest BCUT2D eigenvalue weighted by atomic mass is 10.0. The fourth-order valence-electron chi connectivity index (χ4n) is 1.86. The first-order chi connectivity index (χ1) is 12.0. The topological polar surface area (TPSA) is 92.6 Å². The molecule has 2 rings (SSSR count). The molecule has 8 heteroatoms. The van der Waals surface area contributed by atoms with Crippen LogP contribution in [0.1, 0.15) is 35.7 Å². The quantitative estimate of drug-likeness (QED) is 0.558. The normalized spacial score (nSPS) is 10.2. The van der Waals surface area contributed by atoms with E-state index in [0.29, 0.717) is 17.2 Å². The molecule has 0 saturated carbocycles. The van der Waals surface area contributed by atoms with Crippen molar-refractivity contribution in [3.05, 3.63) is 54.0 Å². The van der Waals surface area contributed by atoms with E-state index in [1.54, 1.807) is 0 Å². The molecule has 7 nitrogen and oxygen atoms in total. The molecule has 2 aromatic rings. The van der Waals surface area contributed by atoms with Crippen molar-refractivity contribution in [2.24, 2.45) is 0 Å². The van der Waals surface area contributed by atoms with Gasteiger partial charge < -0.3 is 9.15 Å². The molecule has 132 valence electrons. The van der Waals surface area contributed by atoms with E-state index >= 15 is 0 Å². The number of hydrazine groups is 1. The van der Waals surface area contributed by atoms with Gasteiger partial charge >= 0.3 is 0 Å². The smallest absolute Gasteiger partial charge is 0.276 e.